The van der Waals surface area contributed by atoms with E-state index in [0.29, 0.717) is 19.0 Å². The van der Waals surface area contributed by atoms with Crippen molar-refractivity contribution in [2.45, 2.75) is 26.4 Å². The standard InChI is InChI=1S/C22H30N4O2/c1-17-8-7-11-20(14-17)28-18(2)15-25-22(23-3)26-16-21(27)24-13-12-19-9-5-4-6-10-19/h4-11,14,18H,12-13,15-16H2,1-3H3,(H,24,27)(H2,23,25,26). The van der Waals surface area contributed by atoms with Crippen molar-refractivity contribution in [2.75, 3.05) is 26.7 Å². The van der Waals surface area contributed by atoms with E-state index < -0.39 is 0 Å². The number of aliphatic imine (C=N–C) groups is 1. The van der Waals surface area contributed by atoms with Gasteiger partial charge in [0.05, 0.1) is 13.1 Å². The first kappa shape index (κ1) is 21.3. The van der Waals surface area contributed by atoms with Gasteiger partial charge in [-0.1, -0.05) is 42.5 Å². The van der Waals surface area contributed by atoms with E-state index in [1.54, 1.807) is 7.05 Å². The van der Waals surface area contributed by atoms with Gasteiger partial charge in [-0.25, -0.2) is 0 Å². The third-order valence-electron chi connectivity index (χ3n) is 4.10. The number of amides is 1. The minimum absolute atomic E-state index is 0.0416. The lowest BCUT2D eigenvalue weighted by atomic mass is 10.1. The van der Waals surface area contributed by atoms with Crippen molar-refractivity contribution in [1.29, 1.82) is 0 Å². The smallest absolute Gasteiger partial charge is 0.239 e. The maximum absolute atomic E-state index is 12.0. The van der Waals surface area contributed by atoms with Gasteiger partial charge in [0.1, 0.15) is 11.9 Å². The van der Waals surface area contributed by atoms with Crippen molar-refractivity contribution >= 4 is 11.9 Å². The van der Waals surface area contributed by atoms with Gasteiger partial charge >= 0.3 is 0 Å². The van der Waals surface area contributed by atoms with Crippen LogP contribution in [-0.2, 0) is 11.2 Å². The summed E-state index contributed by atoms with van der Waals surface area (Å²) in [7, 11) is 1.68. The van der Waals surface area contributed by atoms with Crippen LogP contribution in [0, 0.1) is 6.92 Å². The van der Waals surface area contributed by atoms with Crippen LogP contribution in [0.15, 0.2) is 59.6 Å². The van der Waals surface area contributed by atoms with E-state index in [4.69, 9.17) is 4.74 Å². The van der Waals surface area contributed by atoms with E-state index in [2.05, 4.69) is 33.1 Å². The molecule has 6 nitrogen and oxygen atoms in total. The summed E-state index contributed by atoms with van der Waals surface area (Å²) in [5.74, 6) is 1.34. The van der Waals surface area contributed by atoms with Crippen molar-refractivity contribution in [3.05, 3.63) is 65.7 Å². The van der Waals surface area contributed by atoms with Crippen LogP contribution in [0.4, 0.5) is 0 Å². The molecule has 3 N–H and O–H groups in total. The molecular weight excluding hydrogens is 352 g/mol. The molecule has 0 fully saturated rings. The Morgan fingerprint density at radius 3 is 2.57 bits per heavy atom. The van der Waals surface area contributed by atoms with E-state index in [0.717, 1.165) is 17.7 Å². The quantitative estimate of drug-likeness (QED) is 0.459. The molecule has 0 aromatic heterocycles. The lowest BCUT2D eigenvalue weighted by Crippen LogP contribution is -2.45. The van der Waals surface area contributed by atoms with Gasteiger partial charge in [-0.2, -0.15) is 0 Å². The lowest BCUT2D eigenvalue weighted by Gasteiger charge is -2.18. The molecule has 0 spiro atoms. The van der Waals surface area contributed by atoms with Gasteiger partial charge in [-0.15, -0.1) is 0 Å². The molecule has 1 amide bonds. The van der Waals surface area contributed by atoms with Gasteiger partial charge in [0.15, 0.2) is 5.96 Å². The van der Waals surface area contributed by atoms with Crippen LogP contribution in [0.5, 0.6) is 5.75 Å². The summed E-state index contributed by atoms with van der Waals surface area (Å²) in [5, 5.41) is 9.10. The van der Waals surface area contributed by atoms with E-state index in [1.807, 2.05) is 56.3 Å². The Morgan fingerprint density at radius 2 is 1.86 bits per heavy atom. The van der Waals surface area contributed by atoms with E-state index in [1.165, 1.54) is 5.56 Å². The van der Waals surface area contributed by atoms with Crippen LogP contribution >= 0.6 is 0 Å². The van der Waals surface area contributed by atoms with Gasteiger partial charge in [-0.05, 0) is 43.5 Å². The summed E-state index contributed by atoms with van der Waals surface area (Å²) in [4.78, 5) is 16.1. The zero-order chi connectivity index (χ0) is 20.2. The molecule has 150 valence electrons. The number of carbonyl (C=O) groups excluding carboxylic acids is 1. The molecule has 0 aliphatic carbocycles. The topological polar surface area (TPSA) is 74.8 Å². The normalized spacial score (nSPS) is 12.2. The number of benzene rings is 2. The number of ether oxygens (including phenoxy) is 1. The fourth-order valence-corrected chi connectivity index (χ4v) is 2.64. The minimum atomic E-state index is -0.0667. The first-order valence-electron chi connectivity index (χ1n) is 9.55. The summed E-state index contributed by atoms with van der Waals surface area (Å²) in [6.07, 6.45) is 0.771. The molecule has 0 radical (unpaired) electrons. The molecule has 6 heteroatoms. The Balaban J connectivity index is 1.64. The number of nitrogens with one attached hydrogen (secondary N) is 3. The number of carbonyl (C=O) groups is 1. The molecule has 0 aliphatic heterocycles. The van der Waals surface area contributed by atoms with Crippen LogP contribution < -0.4 is 20.7 Å². The van der Waals surface area contributed by atoms with Gasteiger partial charge in [0, 0.05) is 13.6 Å². The molecule has 2 rings (SSSR count). The van der Waals surface area contributed by atoms with Crippen LogP contribution in [0.25, 0.3) is 0 Å². The van der Waals surface area contributed by atoms with Crippen LogP contribution in [-0.4, -0.2) is 44.7 Å². The molecular formula is C22H30N4O2. The molecule has 0 saturated carbocycles. The SMILES string of the molecule is CN=C(NCC(=O)NCCc1ccccc1)NCC(C)Oc1cccc(C)c1. The summed E-state index contributed by atoms with van der Waals surface area (Å²) in [6.45, 7) is 5.37. The maximum atomic E-state index is 12.0. The summed E-state index contributed by atoms with van der Waals surface area (Å²) >= 11 is 0. The summed E-state index contributed by atoms with van der Waals surface area (Å²) in [5.41, 5.74) is 2.37. The van der Waals surface area contributed by atoms with E-state index >= 15 is 0 Å². The first-order valence-corrected chi connectivity index (χ1v) is 9.55. The maximum Gasteiger partial charge on any atom is 0.239 e. The second-order valence-electron chi connectivity index (χ2n) is 6.64. The third-order valence-corrected chi connectivity index (χ3v) is 4.10. The monoisotopic (exact) mass is 382 g/mol. The highest BCUT2D eigenvalue weighted by atomic mass is 16.5. The highest BCUT2D eigenvalue weighted by molar-refractivity contribution is 5.86. The largest absolute Gasteiger partial charge is 0.489 e. The Bertz CT molecular complexity index is 762. The van der Waals surface area contributed by atoms with Crippen molar-refractivity contribution in [3.63, 3.8) is 0 Å². The molecule has 1 unspecified atom stereocenters. The Kier molecular flexibility index (Phi) is 8.85. The zero-order valence-electron chi connectivity index (χ0n) is 16.9. The molecule has 0 heterocycles. The molecule has 0 bridgehead atoms. The minimum Gasteiger partial charge on any atom is -0.489 e. The van der Waals surface area contributed by atoms with Crippen LogP contribution in [0.3, 0.4) is 0 Å². The molecule has 28 heavy (non-hydrogen) atoms. The average Bonchev–Trinajstić information content (AvgIpc) is 2.69. The number of aryl methyl sites for hydroxylation is 1. The Hall–Kier alpha value is -3.02. The van der Waals surface area contributed by atoms with Crippen LogP contribution in [0.1, 0.15) is 18.1 Å². The summed E-state index contributed by atoms with van der Waals surface area (Å²) < 4.78 is 5.89. The van der Waals surface area contributed by atoms with Crippen molar-refractivity contribution in [1.82, 2.24) is 16.0 Å². The predicted octanol–water partition coefficient (Wildman–Crippen LogP) is 2.29. The number of hydrogen-bond acceptors (Lipinski definition) is 3. The predicted molar refractivity (Wildman–Crippen MR) is 114 cm³/mol. The number of rotatable bonds is 9. The molecule has 0 saturated heterocycles. The zero-order valence-corrected chi connectivity index (χ0v) is 16.9. The van der Waals surface area contributed by atoms with E-state index in [9.17, 15) is 4.79 Å². The van der Waals surface area contributed by atoms with Crippen molar-refractivity contribution in [2.24, 2.45) is 4.99 Å². The second-order valence-corrected chi connectivity index (χ2v) is 6.64. The highest BCUT2D eigenvalue weighted by Gasteiger charge is 2.07. The van der Waals surface area contributed by atoms with Crippen molar-refractivity contribution < 1.29 is 9.53 Å². The lowest BCUT2D eigenvalue weighted by molar-refractivity contribution is -0.119. The van der Waals surface area contributed by atoms with Crippen molar-refractivity contribution in [3.8, 4) is 5.75 Å². The average molecular weight is 383 g/mol. The van der Waals surface area contributed by atoms with Gasteiger partial charge in [0.25, 0.3) is 0 Å². The first-order chi connectivity index (χ1) is 13.6. The number of nitrogens with zero attached hydrogens (tertiary/aromatic N) is 1. The Morgan fingerprint density at radius 1 is 1.07 bits per heavy atom. The highest BCUT2D eigenvalue weighted by Crippen LogP contribution is 2.13. The fourth-order valence-electron chi connectivity index (χ4n) is 2.64. The molecule has 2 aromatic carbocycles. The molecule has 1 atom stereocenters. The third kappa shape index (κ3) is 8.12. The molecule has 2 aromatic rings. The molecule has 0 aliphatic rings. The second kappa shape index (κ2) is 11.6. The number of hydrogen-bond donors (Lipinski definition) is 3. The van der Waals surface area contributed by atoms with Gasteiger partial charge in [0.2, 0.25) is 5.91 Å². The summed E-state index contributed by atoms with van der Waals surface area (Å²) in [6, 6.07) is 18.0. The van der Waals surface area contributed by atoms with E-state index in [-0.39, 0.29) is 18.6 Å². The van der Waals surface area contributed by atoms with Gasteiger partial charge in [-0.3, -0.25) is 9.79 Å². The van der Waals surface area contributed by atoms with Crippen LogP contribution in [0.2, 0.25) is 0 Å². The van der Waals surface area contributed by atoms with Gasteiger partial charge < -0.3 is 20.7 Å². The fraction of sp³-hybridized carbons (Fsp3) is 0.364. The Labute approximate surface area is 167 Å². The number of guanidine groups is 1.